The van der Waals surface area contributed by atoms with Crippen LogP contribution in [0.15, 0.2) is 4.52 Å². The Balaban J connectivity index is 2.35. The molecule has 1 amide bonds. The number of hydrogen-bond donors (Lipinski definition) is 0. The van der Waals surface area contributed by atoms with Crippen LogP contribution in [0.4, 0.5) is 0 Å². The minimum absolute atomic E-state index is 0.0441. The number of esters is 1. The zero-order chi connectivity index (χ0) is 15.0. The number of carbonyl (C=O) groups is 2. The van der Waals surface area contributed by atoms with E-state index < -0.39 is 5.97 Å². The molecule has 0 saturated carbocycles. The van der Waals surface area contributed by atoms with Crippen molar-refractivity contribution in [3.63, 3.8) is 0 Å². The maximum atomic E-state index is 11.8. The van der Waals surface area contributed by atoms with Crippen molar-refractivity contribution < 1.29 is 18.8 Å². The molecule has 0 saturated heterocycles. The van der Waals surface area contributed by atoms with Gasteiger partial charge in [-0.1, -0.05) is 12.1 Å². The minimum Gasteiger partial charge on any atom is -0.465 e. The summed E-state index contributed by atoms with van der Waals surface area (Å²) in [7, 11) is 1.57. The van der Waals surface area contributed by atoms with Crippen molar-refractivity contribution in [1.29, 1.82) is 0 Å². The van der Waals surface area contributed by atoms with Crippen LogP contribution in [0.1, 0.15) is 38.4 Å². The van der Waals surface area contributed by atoms with Crippen LogP contribution < -0.4 is 0 Å². The average Bonchev–Trinajstić information content (AvgIpc) is 2.84. The van der Waals surface area contributed by atoms with Gasteiger partial charge in [0.15, 0.2) is 5.82 Å². The van der Waals surface area contributed by atoms with Crippen molar-refractivity contribution in [3.05, 3.63) is 11.7 Å². The first-order valence-electron chi connectivity index (χ1n) is 6.77. The Hall–Kier alpha value is -1.92. The quantitative estimate of drug-likeness (QED) is 0.661. The lowest BCUT2D eigenvalue weighted by molar-refractivity contribution is -0.148. The van der Waals surface area contributed by atoms with Crippen LogP contribution in [0, 0.1) is 0 Å². The molecule has 1 rings (SSSR count). The van der Waals surface area contributed by atoms with Gasteiger partial charge in [-0.3, -0.25) is 9.59 Å². The van der Waals surface area contributed by atoms with Crippen molar-refractivity contribution in [2.45, 2.75) is 39.5 Å². The Kier molecular flexibility index (Phi) is 6.69. The van der Waals surface area contributed by atoms with Crippen molar-refractivity contribution in [1.82, 2.24) is 15.0 Å². The number of aryl methyl sites for hydroxylation is 2. The van der Waals surface area contributed by atoms with E-state index in [-0.39, 0.29) is 18.9 Å². The molecule has 7 heteroatoms. The summed E-state index contributed by atoms with van der Waals surface area (Å²) in [6, 6.07) is 0. The topological polar surface area (TPSA) is 85.5 Å². The fourth-order valence-electron chi connectivity index (χ4n) is 1.61. The molecule has 112 valence electrons. The number of likely N-dealkylation sites (N-methyl/N-ethyl adjacent to an activating group) is 1. The van der Waals surface area contributed by atoms with E-state index in [1.54, 1.807) is 14.0 Å². The summed E-state index contributed by atoms with van der Waals surface area (Å²) in [6.07, 6.45) is 2.31. The highest BCUT2D eigenvalue weighted by molar-refractivity contribution is 5.81. The lowest BCUT2D eigenvalue weighted by Gasteiger charge is -2.15. The largest absolute Gasteiger partial charge is 0.465 e. The van der Waals surface area contributed by atoms with Crippen molar-refractivity contribution >= 4 is 11.9 Å². The molecule has 0 fully saturated rings. The van der Waals surface area contributed by atoms with Gasteiger partial charge in [-0.2, -0.15) is 4.98 Å². The molecule has 0 aliphatic heterocycles. The van der Waals surface area contributed by atoms with Crippen LogP contribution in [0.25, 0.3) is 0 Å². The zero-order valence-electron chi connectivity index (χ0n) is 12.2. The van der Waals surface area contributed by atoms with E-state index in [2.05, 4.69) is 10.1 Å². The fourth-order valence-corrected chi connectivity index (χ4v) is 1.61. The number of nitrogens with zero attached hydrogens (tertiary/aromatic N) is 3. The van der Waals surface area contributed by atoms with Gasteiger partial charge in [0, 0.05) is 26.3 Å². The van der Waals surface area contributed by atoms with E-state index in [0.29, 0.717) is 24.7 Å². The molecule has 0 bridgehead atoms. The van der Waals surface area contributed by atoms with Gasteiger partial charge in [-0.25, -0.2) is 0 Å². The molecular formula is C13H21N3O4. The van der Waals surface area contributed by atoms with Gasteiger partial charge < -0.3 is 14.2 Å². The lowest BCUT2D eigenvalue weighted by atomic mass is 10.2. The summed E-state index contributed by atoms with van der Waals surface area (Å²) >= 11 is 0. The SMILES string of the molecule is CCCc1noc(CCC(=O)N(C)CC(=O)OCC)n1. The highest BCUT2D eigenvalue weighted by atomic mass is 16.5. The number of amides is 1. The van der Waals surface area contributed by atoms with Gasteiger partial charge >= 0.3 is 5.97 Å². The first-order chi connectivity index (χ1) is 9.56. The minimum atomic E-state index is -0.411. The molecule has 0 aliphatic rings. The third-order valence-electron chi connectivity index (χ3n) is 2.63. The Bertz CT molecular complexity index is 445. The van der Waals surface area contributed by atoms with Gasteiger partial charge in [-0.15, -0.1) is 0 Å². The van der Waals surface area contributed by atoms with Gasteiger partial charge in [0.1, 0.15) is 6.54 Å². The summed E-state index contributed by atoms with van der Waals surface area (Å²) in [5, 5.41) is 3.82. The molecule has 0 aliphatic carbocycles. The van der Waals surface area contributed by atoms with Crippen LogP contribution in [-0.4, -0.2) is 47.1 Å². The summed E-state index contributed by atoms with van der Waals surface area (Å²) < 4.78 is 9.83. The number of carbonyl (C=O) groups excluding carboxylic acids is 2. The zero-order valence-corrected chi connectivity index (χ0v) is 12.2. The Labute approximate surface area is 118 Å². The summed E-state index contributed by atoms with van der Waals surface area (Å²) in [5.41, 5.74) is 0. The maximum Gasteiger partial charge on any atom is 0.325 e. The van der Waals surface area contributed by atoms with Crippen molar-refractivity contribution in [2.24, 2.45) is 0 Å². The molecule has 0 unspecified atom stereocenters. The van der Waals surface area contributed by atoms with Crippen molar-refractivity contribution in [2.75, 3.05) is 20.2 Å². The molecule has 0 N–H and O–H groups in total. The molecular weight excluding hydrogens is 262 g/mol. The van der Waals surface area contributed by atoms with E-state index in [1.165, 1.54) is 4.90 Å². The van der Waals surface area contributed by atoms with E-state index in [4.69, 9.17) is 9.26 Å². The van der Waals surface area contributed by atoms with E-state index in [0.717, 1.165) is 12.8 Å². The first kappa shape index (κ1) is 16.1. The normalized spacial score (nSPS) is 10.3. The smallest absolute Gasteiger partial charge is 0.325 e. The highest BCUT2D eigenvalue weighted by Crippen LogP contribution is 2.04. The third kappa shape index (κ3) is 5.38. The third-order valence-corrected chi connectivity index (χ3v) is 2.63. The Morgan fingerprint density at radius 3 is 2.70 bits per heavy atom. The number of hydrogen-bond acceptors (Lipinski definition) is 6. The van der Waals surface area contributed by atoms with Gasteiger partial charge in [0.25, 0.3) is 0 Å². The number of rotatable bonds is 8. The number of ether oxygens (including phenoxy) is 1. The predicted molar refractivity (Wildman–Crippen MR) is 70.9 cm³/mol. The lowest BCUT2D eigenvalue weighted by Crippen LogP contribution is -2.33. The molecule has 1 aromatic heterocycles. The molecule has 20 heavy (non-hydrogen) atoms. The summed E-state index contributed by atoms with van der Waals surface area (Å²) in [4.78, 5) is 28.6. The first-order valence-corrected chi connectivity index (χ1v) is 6.77. The maximum absolute atomic E-state index is 11.8. The Morgan fingerprint density at radius 1 is 1.30 bits per heavy atom. The standard InChI is InChI=1S/C13H21N3O4/c1-4-6-10-14-11(20-15-10)7-8-12(17)16(3)9-13(18)19-5-2/h4-9H2,1-3H3. The highest BCUT2D eigenvalue weighted by Gasteiger charge is 2.15. The van der Waals surface area contributed by atoms with Gasteiger partial charge in [0.05, 0.1) is 6.61 Å². The van der Waals surface area contributed by atoms with Crippen LogP contribution in [-0.2, 0) is 27.2 Å². The second kappa shape index (κ2) is 8.29. The summed E-state index contributed by atoms with van der Waals surface area (Å²) in [5.74, 6) is 0.542. The predicted octanol–water partition coefficient (Wildman–Crippen LogP) is 0.976. The van der Waals surface area contributed by atoms with Crippen molar-refractivity contribution in [3.8, 4) is 0 Å². The van der Waals surface area contributed by atoms with Gasteiger partial charge in [0.2, 0.25) is 11.8 Å². The Morgan fingerprint density at radius 2 is 2.05 bits per heavy atom. The second-order valence-electron chi connectivity index (χ2n) is 4.41. The molecule has 0 spiro atoms. The monoisotopic (exact) mass is 283 g/mol. The van der Waals surface area contributed by atoms with E-state index in [1.807, 2.05) is 6.92 Å². The molecule has 1 aromatic rings. The average molecular weight is 283 g/mol. The summed E-state index contributed by atoms with van der Waals surface area (Å²) in [6.45, 7) is 4.02. The van der Waals surface area contributed by atoms with Crippen LogP contribution in [0.2, 0.25) is 0 Å². The molecule has 1 heterocycles. The van der Waals surface area contributed by atoms with Crippen LogP contribution >= 0.6 is 0 Å². The van der Waals surface area contributed by atoms with Gasteiger partial charge in [-0.05, 0) is 13.3 Å². The van der Waals surface area contributed by atoms with Crippen LogP contribution in [0.5, 0.6) is 0 Å². The number of aromatic nitrogens is 2. The fraction of sp³-hybridized carbons (Fsp3) is 0.692. The molecule has 0 radical (unpaired) electrons. The molecule has 0 atom stereocenters. The second-order valence-corrected chi connectivity index (χ2v) is 4.41. The van der Waals surface area contributed by atoms with E-state index in [9.17, 15) is 9.59 Å². The van der Waals surface area contributed by atoms with E-state index >= 15 is 0 Å². The molecule has 0 aromatic carbocycles. The molecule has 7 nitrogen and oxygen atoms in total. The van der Waals surface area contributed by atoms with Crippen LogP contribution in [0.3, 0.4) is 0 Å².